The summed E-state index contributed by atoms with van der Waals surface area (Å²) in [5.41, 5.74) is 2.38. The van der Waals surface area contributed by atoms with E-state index in [1.807, 2.05) is 11.8 Å². The monoisotopic (exact) mass is 330 g/mol. The lowest BCUT2D eigenvalue weighted by Crippen LogP contribution is -2.41. The van der Waals surface area contributed by atoms with Crippen LogP contribution in [0, 0.1) is 12.8 Å². The molecule has 5 nitrogen and oxygen atoms in total. The van der Waals surface area contributed by atoms with Gasteiger partial charge in [0.05, 0.1) is 6.04 Å². The molecule has 1 aliphatic heterocycles. The lowest BCUT2D eigenvalue weighted by Gasteiger charge is -2.20. The van der Waals surface area contributed by atoms with Crippen LogP contribution in [0.4, 0.5) is 0 Å². The van der Waals surface area contributed by atoms with E-state index in [1.165, 1.54) is 11.1 Å². The standard InChI is InChI=1S/C19H26N2O3/c1-3-24-12-18(22)21-10-16(14-6-4-13(2)5-7-14)17(11-21)20-19(23)15-8-9-15/h4-7,15-17H,3,8-12H2,1-2H3,(H,20,23)/t16-,17+/m0/s1. The van der Waals surface area contributed by atoms with Crippen molar-refractivity contribution in [1.29, 1.82) is 0 Å². The Morgan fingerprint density at radius 3 is 2.54 bits per heavy atom. The van der Waals surface area contributed by atoms with E-state index in [2.05, 4.69) is 36.5 Å². The third-order valence-corrected chi connectivity index (χ3v) is 4.88. The van der Waals surface area contributed by atoms with E-state index in [-0.39, 0.29) is 36.3 Å². The SMILES string of the molecule is CCOCC(=O)N1C[C@@H](NC(=O)C2CC2)[C@H](c2ccc(C)cc2)C1. The van der Waals surface area contributed by atoms with Gasteiger partial charge >= 0.3 is 0 Å². The molecule has 5 heteroatoms. The molecule has 1 heterocycles. The van der Waals surface area contributed by atoms with Crippen molar-refractivity contribution < 1.29 is 14.3 Å². The minimum atomic E-state index is -0.0219. The molecule has 24 heavy (non-hydrogen) atoms. The van der Waals surface area contributed by atoms with E-state index in [0.29, 0.717) is 19.7 Å². The van der Waals surface area contributed by atoms with E-state index in [4.69, 9.17) is 4.74 Å². The Morgan fingerprint density at radius 1 is 1.21 bits per heavy atom. The zero-order valence-corrected chi connectivity index (χ0v) is 14.5. The highest BCUT2D eigenvalue weighted by Gasteiger charge is 2.39. The first kappa shape index (κ1) is 17.0. The zero-order valence-electron chi connectivity index (χ0n) is 14.5. The minimum absolute atomic E-state index is 0.00266. The summed E-state index contributed by atoms with van der Waals surface area (Å²) >= 11 is 0. The predicted molar refractivity (Wildman–Crippen MR) is 91.6 cm³/mol. The van der Waals surface area contributed by atoms with Gasteiger partial charge < -0.3 is 15.0 Å². The molecule has 2 fully saturated rings. The summed E-state index contributed by atoms with van der Waals surface area (Å²) in [5, 5.41) is 3.17. The van der Waals surface area contributed by atoms with Crippen molar-refractivity contribution in [3.05, 3.63) is 35.4 Å². The molecule has 0 radical (unpaired) electrons. The number of aryl methyl sites for hydroxylation is 1. The Morgan fingerprint density at radius 2 is 1.92 bits per heavy atom. The zero-order chi connectivity index (χ0) is 17.1. The van der Waals surface area contributed by atoms with Gasteiger partial charge in [-0.3, -0.25) is 9.59 Å². The second-order valence-corrected chi connectivity index (χ2v) is 6.84. The van der Waals surface area contributed by atoms with Gasteiger partial charge in [-0.1, -0.05) is 29.8 Å². The molecule has 1 aromatic rings. The summed E-state index contributed by atoms with van der Waals surface area (Å²) in [4.78, 5) is 26.3. The quantitative estimate of drug-likeness (QED) is 0.866. The summed E-state index contributed by atoms with van der Waals surface area (Å²) in [7, 11) is 0. The lowest BCUT2D eigenvalue weighted by atomic mass is 9.93. The van der Waals surface area contributed by atoms with Crippen LogP contribution in [0.5, 0.6) is 0 Å². The van der Waals surface area contributed by atoms with Crippen molar-refractivity contribution in [3.63, 3.8) is 0 Å². The molecule has 130 valence electrons. The molecule has 0 aromatic heterocycles. The van der Waals surface area contributed by atoms with E-state index >= 15 is 0 Å². The fraction of sp³-hybridized carbons (Fsp3) is 0.579. The maximum atomic E-state index is 12.3. The molecule has 1 N–H and O–H groups in total. The highest BCUT2D eigenvalue weighted by molar-refractivity contribution is 5.82. The molecule has 0 spiro atoms. The maximum absolute atomic E-state index is 12.3. The smallest absolute Gasteiger partial charge is 0.248 e. The molecule has 1 aliphatic carbocycles. The fourth-order valence-electron chi connectivity index (χ4n) is 3.23. The minimum Gasteiger partial charge on any atom is -0.372 e. The van der Waals surface area contributed by atoms with Gasteiger partial charge in [0.2, 0.25) is 11.8 Å². The lowest BCUT2D eigenvalue weighted by molar-refractivity contribution is -0.135. The van der Waals surface area contributed by atoms with Gasteiger partial charge in [0.1, 0.15) is 6.61 Å². The van der Waals surface area contributed by atoms with Crippen LogP contribution in [0.15, 0.2) is 24.3 Å². The summed E-state index contributed by atoms with van der Waals surface area (Å²) in [6.07, 6.45) is 1.97. The van der Waals surface area contributed by atoms with Crippen LogP contribution in [-0.2, 0) is 14.3 Å². The fourth-order valence-corrected chi connectivity index (χ4v) is 3.23. The Hall–Kier alpha value is -1.88. The predicted octanol–water partition coefficient (Wildman–Crippen LogP) is 1.85. The third-order valence-electron chi connectivity index (χ3n) is 4.88. The Bertz CT molecular complexity index is 595. The summed E-state index contributed by atoms with van der Waals surface area (Å²) < 4.78 is 5.25. The molecule has 3 rings (SSSR count). The molecular weight excluding hydrogens is 304 g/mol. The summed E-state index contributed by atoms with van der Waals surface area (Å²) in [6, 6.07) is 8.35. The average molecular weight is 330 g/mol. The largest absolute Gasteiger partial charge is 0.372 e. The molecule has 2 aliphatic rings. The number of hydrogen-bond acceptors (Lipinski definition) is 3. The molecule has 0 unspecified atom stereocenters. The number of benzene rings is 1. The number of carbonyl (C=O) groups is 2. The first-order valence-electron chi connectivity index (χ1n) is 8.81. The first-order valence-corrected chi connectivity index (χ1v) is 8.81. The van der Waals surface area contributed by atoms with E-state index in [0.717, 1.165) is 12.8 Å². The second-order valence-electron chi connectivity index (χ2n) is 6.84. The number of nitrogens with zero attached hydrogens (tertiary/aromatic N) is 1. The van der Waals surface area contributed by atoms with Gasteiger partial charge in [0, 0.05) is 31.5 Å². The first-order chi connectivity index (χ1) is 11.6. The normalized spacial score (nSPS) is 23.3. The third kappa shape index (κ3) is 3.96. The van der Waals surface area contributed by atoms with Gasteiger partial charge in [-0.25, -0.2) is 0 Å². The maximum Gasteiger partial charge on any atom is 0.248 e. The molecule has 1 aromatic carbocycles. The van der Waals surface area contributed by atoms with Crippen molar-refractivity contribution in [2.24, 2.45) is 5.92 Å². The summed E-state index contributed by atoms with van der Waals surface area (Å²) in [6.45, 7) is 5.77. The second kappa shape index (κ2) is 7.34. The van der Waals surface area contributed by atoms with Crippen molar-refractivity contribution in [2.45, 2.75) is 38.6 Å². The highest BCUT2D eigenvalue weighted by Crippen LogP contribution is 2.32. The average Bonchev–Trinajstić information content (AvgIpc) is 3.35. The molecule has 1 saturated carbocycles. The number of amides is 2. The van der Waals surface area contributed by atoms with Crippen LogP contribution in [0.2, 0.25) is 0 Å². The van der Waals surface area contributed by atoms with Crippen LogP contribution in [0.25, 0.3) is 0 Å². The van der Waals surface area contributed by atoms with E-state index in [9.17, 15) is 9.59 Å². The topological polar surface area (TPSA) is 58.6 Å². The number of nitrogens with one attached hydrogen (secondary N) is 1. The Balaban J connectivity index is 1.72. The number of likely N-dealkylation sites (tertiary alicyclic amines) is 1. The van der Waals surface area contributed by atoms with Crippen molar-refractivity contribution >= 4 is 11.8 Å². The molecule has 0 bridgehead atoms. The Kier molecular flexibility index (Phi) is 5.19. The molecular formula is C19H26N2O3. The van der Waals surface area contributed by atoms with Crippen molar-refractivity contribution in [1.82, 2.24) is 10.2 Å². The van der Waals surface area contributed by atoms with Gasteiger partial charge in [-0.15, -0.1) is 0 Å². The van der Waals surface area contributed by atoms with E-state index < -0.39 is 0 Å². The summed E-state index contributed by atoms with van der Waals surface area (Å²) in [5.74, 6) is 0.448. The van der Waals surface area contributed by atoms with Gasteiger partial charge in [0.15, 0.2) is 0 Å². The van der Waals surface area contributed by atoms with Crippen molar-refractivity contribution in [2.75, 3.05) is 26.3 Å². The molecule has 1 saturated heterocycles. The number of carbonyl (C=O) groups excluding carboxylic acids is 2. The van der Waals surface area contributed by atoms with E-state index in [1.54, 1.807) is 0 Å². The van der Waals surface area contributed by atoms with Gasteiger partial charge in [-0.2, -0.15) is 0 Å². The number of rotatable bonds is 6. The van der Waals surface area contributed by atoms with Crippen LogP contribution < -0.4 is 5.32 Å². The Labute approximate surface area is 143 Å². The van der Waals surface area contributed by atoms with Crippen LogP contribution in [-0.4, -0.2) is 49.1 Å². The molecule has 2 amide bonds. The van der Waals surface area contributed by atoms with Crippen LogP contribution in [0.1, 0.15) is 36.8 Å². The number of ether oxygens (including phenoxy) is 1. The van der Waals surface area contributed by atoms with Gasteiger partial charge in [-0.05, 0) is 32.3 Å². The van der Waals surface area contributed by atoms with Gasteiger partial charge in [0.25, 0.3) is 0 Å². The number of hydrogen-bond donors (Lipinski definition) is 1. The molecule has 2 atom stereocenters. The van der Waals surface area contributed by atoms with Crippen LogP contribution in [0.3, 0.4) is 0 Å². The van der Waals surface area contributed by atoms with Crippen molar-refractivity contribution in [3.8, 4) is 0 Å². The highest BCUT2D eigenvalue weighted by atomic mass is 16.5. The van der Waals surface area contributed by atoms with Crippen LogP contribution >= 0.6 is 0 Å².